The molecule has 0 saturated carbocycles. The maximum Gasteiger partial charge on any atom is 0.247 e. The topological polar surface area (TPSA) is 98.3 Å². The maximum atomic E-state index is 14.0. The summed E-state index contributed by atoms with van der Waals surface area (Å²) in [6.45, 7) is 9.28. The van der Waals surface area contributed by atoms with Crippen LogP contribution in [-0.2, 0) is 9.63 Å². The van der Waals surface area contributed by atoms with Crippen LogP contribution >= 0.6 is 0 Å². The molecule has 1 amide bonds. The van der Waals surface area contributed by atoms with E-state index >= 15 is 0 Å². The number of nitrogens with one attached hydrogen (secondary N) is 2. The minimum Gasteiger partial charge on any atom is -0.494 e. The second-order valence-electron chi connectivity index (χ2n) is 13.1. The molecule has 0 unspecified atom stereocenters. The van der Waals surface area contributed by atoms with Gasteiger partial charge < -0.3 is 25.2 Å². The first kappa shape index (κ1) is 32.2. The molecule has 13 heteroatoms. The maximum absolute atomic E-state index is 14.0. The van der Waals surface area contributed by atoms with E-state index in [0.29, 0.717) is 59.4 Å². The number of hydrogen-bond acceptors (Lipinski definition) is 10. The van der Waals surface area contributed by atoms with E-state index in [1.165, 1.54) is 44.0 Å². The van der Waals surface area contributed by atoms with Gasteiger partial charge in [0, 0.05) is 62.9 Å². The number of hydroxylamine groups is 1. The second-order valence-corrected chi connectivity index (χ2v) is 13.1. The van der Waals surface area contributed by atoms with Gasteiger partial charge >= 0.3 is 0 Å². The van der Waals surface area contributed by atoms with Crippen molar-refractivity contribution in [3.8, 4) is 5.75 Å². The number of likely N-dealkylation sites (tertiary alicyclic amines) is 2. The van der Waals surface area contributed by atoms with Gasteiger partial charge in [-0.25, -0.2) is 23.8 Å². The average molecular weight is 661 g/mol. The van der Waals surface area contributed by atoms with Gasteiger partial charge in [0.1, 0.15) is 29.5 Å². The molecule has 4 aliphatic heterocycles. The Labute approximate surface area is 279 Å². The van der Waals surface area contributed by atoms with Gasteiger partial charge in [0.2, 0.25) is 5.91 Å². The molecule has 3 aromatic rings. The summed E-state index contributed by atoms with van der Waals surface area (Å²) in [4.78, 5) is 34.7. The van der Waals surface area contributed by atoms with Gasteiger partial charge in [0.25, 0.3) is 0 Å². The third-order valence-electron chi connectivity index (χ3n) is 10.3. The van der Waals surface area contributed by atoms with E-state index in [2.05, 4.69) is 48.9 Å². The first-order valence-corrected chi connectivity index (χ1v) is 16.6. The SMILES string of the molecule is C=CC(=O)Nc1cc(Nc2cc(N3OCC[C@@H]3c3cc(F)cc(F)c3)ncn2)c(OC)cc1N1CCC(N2C[C@@H]3CCN(C)[C@@H]3C2)CC1. The van der Waals surface area contributed by atoms with Gasteiger partial charge in [-0.3, -0.25) is 14.5 Å². The van der Waals surface area contributed by atoms with Gasteiger partial charge in [0.05, 0.1) is 36.8 Å². The van der Waals surface area contributed by atoms with Crippen LogP contribution in [-0.4, -0.2) is 91.2 Å². The highest BCUT2D eigenvalue weighted by Gasteiger charge is 2.42. The number of aromatic nitrogens is 2. The number of hydrogen-bond donors (Lipinski definition) is 2. The van der Waals surface area contributed by atoms with E-state index in [-0.39, 0.29) is 5.91 Å². The molecule has 4 saturated heterocycles. The van der Waals surface area contributed by atoms with E-state index in [1.807, 2.05) is 12.1 Å². The molecular formula is C35H42F2N8O3. The summed E-state index contributed by atoms with van der Waals surface area (Å²) in [7, 11) is 3.85. The molecule has 2 N–H and O–H groups in total. The number of ether oxygens (including phenoxy) is 1. The monoisotopic (exact) mass is 660 g/mol. The minimum absolute atomic E-state index is 0.315. The Kier molecular flexibility index (Phi) is 9.17. The smallest absolute Gasteiger partial charge is 0.247 e. The van der Waals surface area contributed by atoms with Crippen molar-refractivity contribution >= 4 is 34.6 Å². The Morgan fingerprint density at radius 1 is 1.00 bits per heavy atom. The fraction of sp³-hybridized carbons (Fsp3) is 0.457. The molecular weight excluding hydrogens is 618 g/mol. The highest BCUT2D eigenvalue weighted by Crippen LogP contribution is 2.41. The Bertz CT molecular complexity index is 1650. The zero-order chi connectivity index (χ0) is 33.4. The zero-order valence-corrected chi connectivity index (χ0v) is 27.4. The van der Waals surface area contributed by atoms with Crippen LogP contribution in [0.3, 0.4) is 0 Å². The van der Waals surface area contributed by atoms with Crippen molar-refractivity contribution in [2.45, 2.75) is 43.8 Å². The van der Waals surface area contributed by atoms with Crippen LogP contribution in [0.2, 0.25) is 0 Å². The highest BCUT2D eigenvalue weighted by molar-refractivity contribution is 6.02. The molecule has 0 aliphatic carbocycles. The Morgan fingerprint density at radius 3 is 2.52 bits per heavy atom. The fourth-order valence-corrected chi connectivity index (χ4v) is 7.80. The summed E-state index contributed by atoms with van der Waals surface area (Å²) < 4.78 is 33.9. The van der Waals surface area contributed by atoms with Gasteiger partial charge in [0.15, 0.2) is 5.82 Å². The minimum atomic E-state index is -0.650. The second kappa shape index (κ2) is 13.7. The summed E-state index contributed by atoms with van der Waals surface area (Å²) in [5.41, 5.74) is 2.55. The van der Waals surface area contributed by atoms with Crippen molar-refractivity contribution in [2.24, 2.45) is 5.92 Å². The quantitative estimate of drug-likeness (QED) is 0.301. The summed E-state index contributed by atoms with van der Waals surface area (Å²) in [5.74, 6) is 0.604. The van der Waals surface area contributed by atoms with Crippen molar-refractivity contribution in [1.29, 1.82) is 0 Å². The van der Waals surface area contributed by atoms with E-state index in [4.69, 9.17) is 9.57 Å². The van der Waals surface area contributed by atoms with Gasteiger partial charge in [-0.1, -0.05) is 6.58 Å². The van der Waals surface area contributed by atoms with Crippen molar-refractivity contribution in [1.82, 2.24) is 19.8 Å². The lowest BCUT2D eigenvalue weighted by Gasteiger charge is -2.39. The number of anilines is 5. The Balaban J connectivity index is 1.10. The number of methoxy groups -OCH3 is 1. The van der Waals surface area contributed by atoms with Gasteiger partial charge in [-0.2, -0.15) is 0 Å². The molecule has 48 heavy (non-hydrogen) atoms. The molecule has 254 valence electrons. The predicted molar refractivity (Wildman–Crippen MR) is 181 cm³/mol. The molecule has 2 aromatic carbocycles. The van der Waals surface area contributed by atoms with Gasteiger partial charge in [-0.15, -0.1) is 0 Å². The number of benzene rings is 2. The van der Waals surface area contributed by atoms with E-state index in [1.54, 1.807) is 18.2 Å². The molecule has 5 heterocycles. The number of fused-ring (bicyclic) bond motifs is 1. The standard InChI is InChI=1S/C35H42F2N8O3/c1-4-35(46)41-27-16-28(40-33-18-34(39-21-38-33)45-29(8-12-48-45)23-13-24(36)15-25(37)14-23)32(47-3)17-30(27)43-10-6-26(7-11-43)44-19-22-5-9-42(2)31(22)20-44/h4,13-18,21-22,26,29,31H,1,5-12,19-20H2,2-3H3,(H,41,46)(H,38,39,40)/t22-,29+,31+/m0/s1. The normalized spacial score (nSPS) is 23.4. The lowest BCUT2D eigenvalue weighted by Crippen LogP contribution is -2.45. The molecule has 11 nitrogen and oxygen atoms in total. The number of likely N-dealkylation sites (N-methyl/N-ethyl adjacent to an activating group) is 1. The number of rotatable bonds is 9. The van der Waals surface area contributed by atoms with Gasteiger partial charge in [-0.05, 0) is 68.6 Å². The van der Waals surface area contributed by atoms with Crippen molar-refractivity contribution in [2.75, 3.05) is 74.1 Å². The van der Waals surface area contributed by atoms with Crippen LogP contribution in [0.4, 0.5) is 37.5 Å². The Morgan fingerprint density at radius 2 is 1.79 bits per heavy atom. The number of piperidine rings is 1. The Hall–Kier alpha value is -4.33. The van der Waals surface area contributed by atoms with E-state index in [9.17, 15) is 13.6 Å². The van der Waals surface area contributed by atoms with E-state index in [0.717, 1.165) is 50.1 Å². The number of carbonyl (C=O) groups excluding carboxylic acids is 1. The van der Waals surface area contributed by atoms with E-state index < -0.39 is 17.7 Å². The van der Waals surface area contributed by atoms with Crippen LogP contribution < -0.4 is 25.3 Å². The molecule has 7 rings (SSSR count). The number of nitrogens with zero attached hydrogens (tertiary/aromatic N) is 6. The molecule has 0 spiro atoms. The zero-order valence-electron chi connectivity index (χ0n) is 27.4. The lowest BCUT2D eigenvalue weighted by molar-refractivity contribution is -0.111. The average Bonchev–Trinajstić information content (AvgIpc) is 3.83. The summed E-state index contributed by atoms with van der Waals surface area (Å²) in [6.07, 6.45) is 6.56. The molecule has 0 bridgehead atoms. The number of halogens is 2. The van der Waals surface area contributed by atoms with Crippen molar-refractivity contribution < 1.29 is 23.1 Å². The lowest BCUT2D eigenvalue weighted by atomic mass is 10.0. The van der Waals surface area contributed by atoms with Crippen LogP contribution in [0.25, 0.3) is 0 Å². The fourth-order valence-electron chi connectivity index (χ4n) is 7.80. The predicted octanol–water partition coefficient (Wildman–Crippen LogP) is 5.12. The first-order chi connectivity index (χ1) is 23.3. The molecule has 4 fully saturated rings. The molecule has 3 atom stereocenters. The molecule has 1 aromatic heterocycles. The van der Waals surface area contributed by atoms with Crippen LogP contribution in [0.15, 0.2) is 55.4 Å². The third-order valence-corrected chi connectivity index (χ3v) is 10.3. The van der Waals surface area contributed by atoms with Crippen LogP contribution in [0.1, 0.15) is 37.3 Å². The van der Waals surface area contributed by atoms with Crippen molar-refractivity contribution in [3.05, 3.63) is 72.6 Å². The van der Waals surface area contributed by atoms with Crippen LogP contribution in [0, 0.1) is 17.6 Å². The third kappa shape index (κ3) is 6.54. The largest absolute Gasteiger partial charge is 0.494 e. The van der Waals surface area contributed by atoms with Crippen molar-refractivity contribution in [3.63, 3.8) is 0 Å². The number of amides is 1. The highest BCUT2D eigenvalue weighted by atomic mass is 19.1. The first-order valence-electron chi connectivity index (χ1n) is 16.6. The molecule has 0 radical (unpaired) electrons. The summed E-state index contributed by atoms with van der Waals surface area (Å²) >= 11 is 0. The summed E-state index contributed by atoms with van der Waals surface area (Å²) in [5, 5.41) is 7.84. The summed E-state index contributed by atoms with van der Waals surface area (Å²) in [6, 6.07) is 9.74. The molecule has 4 aliphatic rings. The van der Waals surface area contributed by atoms with Crippen LogP contribution in [0.5, 0.6) is 5.75 Å². The number of carbonyl (C=O) groups is 1.